The zero-order valence-corrected chi connectivity index (χ0v) is 20.9. The predicted molar refractivity (Wildman–Crippen MR) is 139 cm³/mol. The standard InChI is InChI=1S/C28H29FN6O2/c1-19-16-24(20-6-4-3-5-7-20)25(33(19)2)26(36)27(37)32-22-8-10-23(11-9-22)34-12-14-35(15-13-34)28-30-17-21(29)18-31-28/h3-8,10-11,16-18,22H,9,12-15H2,1-2H3,(H,32,37). The van der Waals surface area contributed by atoms with Crippen LogP contribution in [0.4, 0.5) is 10.3 Å². The van der Waals surface area contributed by atoms with Crippen LogP contribution in [0.5, 0.6) is 0 Å². The van der Waals surface area contributed by atoms with E-state index in [-0.39, 0.29) is 6.04 Å². The predicted octanol–water partition coefficient (Wildman–Crippen LogP) is 3.26. The van der Waals surface area contributed by atoms with Crippen LogP contribution >= 0.6 is 0 Å². The number of carbonyl (C=O) groups is 2. The molecule has 5 rings (SSSR count). The Morgan fingerprint density at radius 3 is 2.35 bits per heavy atom. The first-order valence-electron chi connectivity index (χ1n) is 12.3. The lowest BCUT2D eigenvalue weighted by molar-refractivity contribution is -0.117. The molecule has 2 aliphatic rings. The number of carbonyl (C=O) groups excluding carboxylic acids is 2. The molecule has 3 heterocycles. The number of anilines is 1. The summed E-state index contributed by atoms with van der Waals surface area (Å²) in [7, 11) is 1.81. The van der Waals surface area contributed by atoms with E-state index in [1.54, 1.807) is 11.6 Å². The van der Waals surface area contributed by atoms with Crippen LogP contribution in [0.2, 0.25) is 0 Å². The fourth-order valence-electron chi connectivity index (χ4n) is 4.77. The quantitative estimate of drug-likeness (QED) is 0.413. The van der Waals surface area contributed by atoms with Gasteiger partial charge in [-0.15, -0.1) is 0 Å². The van der Waals surface area contributed by atoms with Crippen LogP contribution in [0, 0.1) is 12.7 Å². The summed E-state index contributed by atoms with van der Waals surface area (Å²) in [5.41, 5.74) is 4.04. The molecule has 1 aromatic carbocycles. The maximum absolute atomic E-state index is 13.2. The average Bonchev–Trinajstić information content (AvgIpc) is 3.23. The molecule has 0 bridgehead atoms. The van der Waals surface area contributed by atoms with E-state index in [9.17, 15) is 14.0 Å². The number of rotatable bonds is 6. The van der Waals surface area contributed by atoms with Crippen molar-refractivity contribution >= 4 is 17.6 Å². The number of benzene rings is 1. The number of halogens is 1. The fourth-order valence-corrected chi connectivity index (χ4v) is 4.77. The van der Waals surface area contributed by atoms with Crippen LogP contribution < -0.4 is 10.2 Å². The number of allylic oxidation sites excluding steroid dienone is 1. The first kappa shape index (κ1) is 24.4. The summed E-state index contributed by atoms with van der Waals surface area (Å²) in [6.07, 6.45) is 8.98. The Labute approximate surface area is 215 Å². The summed E-state index contributed by atoms with van der Waals surface area (Å²) in [6, 6.07) is 11.3. The zero-order valence-electron chi connectivity index (χ0n) is 20.9. The van der Waals surface area contributed by atoms with Gasteiger partial charge in [0.25, 0.3) is 11.7 Å². The molecular formula is C28H29FN6O2. The number of Topliss-reactive ketones (excluding diaryl/α,β-unsaturated/α-hetero) is 1. The summed E-state index contributed by atoms with van der Waals surface area (Å²) >= 11 is 0. The molecule has 1 fully saturated rings. The molecule has 1 aliphatic carbocycles. The molecule has 190 valence electrons. The molecule has 3 aromatic rings. The van der Waals surface area contributed by atoms with Gasteiger partial charge in [0.1, 0.15) is 5.69 Å². The number of ketones is 1. The molecule has 0 spiro atoms. The molecular weight excluding hydrogens is 471 g/mol. The lowest BCUT2D eigenvalue weighted by atomic mass is 10.0. The van der Waals surface area contributed by atoms with Crippen molar-refractivity contribution in [2.24, 2.45) is 7.05 Å². The Bertz CT molecular complexity index is 1360. The maximum Gasteiger partial charge on any atom is 0.294 e. The molecule has 0 saturated carbocycles. The lowest BCUT2D eigenvalue weighted by Gasteiger charge is -2.37. The third kappa shape index (κ3) is 5.16. The first-order valence-corrected chi connectivity index (χ1v) is 12.3. The van der Waals surface area contributed by atoms with Crippen LogP contribution in [0.3, 0.4) is 0 Å². The number of nitrogens with zero attached hydrogens (tertiary/aromatic N) is 5. The molecule has 1 atom stereocenters. The highest BCUT2D eigenvalue weighted by Crippen LogP contribution is 2.27. The van der Waals surface area contributed by atoms with Gasteiger partial charge in [-0.25, -0.2) is 14.4 Å². The molecule has 8 nitrogen and oxygen atoms in total. The number of nitrogens with one attached hydrogen (secondary N) is 1. The van der Waals surface area contributed by atoms with Gasteiger partial charge in [-0.1, -0.05) is 42.5 Å². The van der Waals surface area contributed by atoms with Gasteiger partial charge in [-0.05, 0) is 31.1 Å². The Kier molecular flexibility index (Phi) is 6.85. The van der Waals surface area contributed by atoms with Crippen molar-refractivity contribution in [2.75, 3.05) is 31.1 Å². The van der Waals surface area contributed by atoms with Crippen LogP contribution in [-0.2, 0) is 11.8 Å². The van der Waals surface area contributed by atoms with E-state index in [1.807, 2.05) is 60.4 Å². The number of piperazine rings is 1. The summed E-state index contributed by atoms with van der Waals surface area (Å²) in [4.78, 5) is 38.6. The highest BCUT2D eigenvalue weighted by atomic mass is 19.1. The number of amides is 1. The van der Waals surface area contributed by atoms with Crippen molar-refractivity contribution in [1.29, 1.82) is 0 Å². The van der Waals surface area contributed by atoms with Gasteiger partial charge in [0.2, 0.25) is 5.95 Å². The highest BCUT2D eigenvalue weighted by molar-refractivity contribution is 6.43. The number of hydrogen-bond donors (Lipinski definition) is 1. The van der Waals surface area contributed by atoms with Crippen molar-refractivity contribution in [3.05, 3.63) is 89.9 Å². The van der Waals surface area contributed by atoms with Crippen LogP contribution in [0.1, 0.15) is 22.6 Å². The largest absolute Gasteiger partial charge is 0.368 e. The van der Waals surface area contributed by atoms with Crippen LogP contribution in [0.15, 0.2) is 72.7 Å². The van der Waals surface area contributed by atoms with Crippen molar-refractivity contribution in [1.82, 2.24) is 24.8 Å². The number of aromatic nitrogens is 3. The van der Waals surface area contributed by atoms with Crippen molar-refractivity contribution in [2.45, 2.75) is 19.4 Å². The van der Waals surface area contributed by atoms with Gasteiger partial charge in [-0.3, -0.25) is 9.59 Å². The van der Waals surface area contributed by atoms with E-state index in [1.165, 1.54) is 12.4 Å². The van der Waals surface area contributed by atoms with Gasteiger partial charge in [-0.2, -0.15) is 0 Å². The lowest BCUT2D eigenvalue weighted by Crippen LogP contribution is -2.46. The van der Waals surface area contributed by atoms with E-state index in [2.05, 4.69) is 26.3 Å². The topological polar surface area (TPSA) is 83.4 Å². The summed E-state index contributed by atoms with van der Waals surface area (Å²) < 4.78 is 14.9. The zero-order chi connectivity index (χ0) is 25.9. The van der Waals surface area contributed by atoms with Gasteiger partial charge in [0.05, 0.1) is 18.4 Å². The van der Waals surface area contributed by atoms with Crippen LogP contribution in [0.25, 0.3) is 11.1 Å². The normalized spacial score (nSPS) is 17.5. The molecule has 1 unspecified atom stereocenters. The molecule has 1 amide bonds. The summed E-state index contributed by atoms with van der Waals surface area (Å²) in [6.45, 7) is 4.93. The smallest absolute Gasteiger partial charge is 0.294 e. The third-order valence-electron chi connectivity index (χ3n) is 6.91. The molecule has 0 radical (unpaired) electrons. The Morgan fingerprint density at radius 2 is 1.70 bits per heavy atom. The summed E-state index contributed by atoms with van der Waals surface area (Å²) in [5, 5.41) is 2.88. The highest BCUT2D eigenvalue weighted by Gasteiger charge is 2.27. The maximum atomic E-state index is 13.2. The number of aryl methyl sites for hydroxylation is 1. The Balaban J connectivity index is 1.18. The van der Waals surface area contributed by atoms with Crippen molar-refractivity contribution < 1.29 is 14.0 Å². The second kappa shape index (κ2) is 10.4. The molecule has 1 N–H and O–H groups in total. The molecule has 9 heteroatoms. The van der Waals surface area contributed by atoms with Gasteiger partial charge in [0.15, 0.2) is 5.82 Å². The van der Waals surface area contributed by atoms with Crippen LogP contribution in [-0.4, -0.2) is 63.3 Å². The monoisotopic (exact) mass is 500 g/mol. The molecule has 1 saturated heterocycles. The minimum atomic E-state index is -0.613. The minimum Gasteiger partial charge on any atom is -0.368 e. The van der Waals surface area contributed by atoms with E-state index in [4.69, 9.17) is 0 Å². The average molecular weight is 501 g/mol. The van der Waals surface area contributed by atoms with E-state index in [0.29, 0.717) is 18.1 Å². The van der Waals surface area contributed by atoms with E-state index in [0.717, 1.165) is 48.7 Å². The number of hydrogen-bond acceptors (Lipinski definition) is 6. The van der Waals surface area contributed by atoms with Crippen molar-refractivity contribution in [3.8, 4) is 11.1 Å². The molecule has 37 heavy (non-hydrogen) atoms. The second-order valence-electron chi connectivity index (χ2n) is 9.28. The summed E-state index contributed by atoms with van der Waals surface area (Å²) in [5.74, 6) is -1.07. The third-order valence-corrected chi connectivity index (χ3v) is 6.91. The Hall–Kier alpha value is -4.27. The second-order valence-corrected chi connectivity index (χ2v) is 9.28. The van der Waals surface area contributed by atoms with Gasteiger partial charge in [0, 0.05) is 50.2 Å². The van der Waals surface area contributed by atoms with Gasteiger partial charge >= 0.3 is 0 Å². The SMILES string of the molecule is Cc1cc(-c2ccccc2)c(C(=O)C(=O)NC2C=CC(N3CCN(c4ncc(F)cn4)CC3)=CC2)n1C. The first-order chi connectivity index (χ1) is 17.9. The molecule has 2 aromatic heterocycles. The molecule has 1 aliphatic heterocycles. The van der Waals surface area contributed by atoms with E-state index < -0.39 is 17.5 Å². The van der Waals surface area contributed by atoms with Gasteiger partial charge < -0.3 is 19.7 Å². The van der Waals surface area contributed by atoms with Crippen molar-refractivity contribution in [3.63, 3.8) is 0 Å². The fraction of sp³-hybridized carbons (Fsp3) is 0.286. The van der Waals surface area contributed by atoms with E-state index >= 15 is 0 Å². The Morgan fingerprint density at radius 1 is 1.03 bits per heavy atom. The minimum absolute atomic E-state index is 0.254.